The molecule has 4 heteroatoms. The van der Waals surface area contributed by atoms with Crippen molar-refractivity contribution in [2.45, 2.75) is 20.0 Å². The average Bonchev–Trinajstić information content (AvgIpc) is 2.84. The van der Waals surface area contributed by atoms with Crippen molar-refractivity contribution in [2.24, 2.45) is 0 Å². The second-order valence-corrected chi connectivity index (χ2v) is 6.07. The van der Waals surface area contributed by atoms with Gasteiger partial charge in [-0.1, -0.05) is 35.0 Å². The molecule has 1 nitrogen and oxygen atoms in total. The molecule has 0 aliphatic rings. The van der Waals surface area contributed by atoms with Crippen LogP contribution in [0.5, 0.6) is 0 Å². The number of hydrogen-bond acceptors (Lipinski definition) is 2. The Bertz CT molecular complexity index is 499. The quantitative estimate of drug-likeness (QED) is 0.771. The third-order valence-corrected chi connectivity index (χ3v) is 4.17. The van der Waals surface area contributed by atoms with Gasteiger partial charge in [0.05, 0.1) is 0 Å². The Morgan fingerprint density at radius 3 is 2.72 bits per heavy atom. The lowest BCUT2D eigenvalue weighted by atomic mass is 10.2. The van der Waals surface area contributed by atoms with E-state index in [9.17, 15) is 4.39 Å². The van der Waals surface area contributed by atoms with E-state index >= 15 is 0 Å². The highest BCUT2D eigenvalue weighted by Crippen LogP contribution is 2.18. The number of halogens is 2. The fraction of sp³-hybridized carbons (Fsp3) is 0.286. The Kier molecular flexibility index (Phi) is 4.92. The maximum Gasteiger partial charge on any atom is 0.128 e. The number of nitrogens with zero attached hydrogens (tertiary/aromatic N) is 1. The van der Waals surface area contributed by atoms with Crippen molar-refractivity contribution in [3.63, 3.8) is 0 Å². The molecular weight excluding hydrogens is 313 g/mol. The van der Waals surface area contributed by atoms with Gasteiger partial charge in [-0.05, 0) is 30.1 Å². The fourth-order valence-electron chi connectivity index (χ4n) is 1.79. The summed E-state index contributed by atoms with van der Waals surface area (Å²) in [4.78, 5) is 3.55. The van der Waals surface area contributed by atoms with E-state index < -0.39 is 0 Å². The predicted octanol–water partition coefficient (Wildman–Crippen LogP) is 4.67. The number of hydrogen-bond donors (Lipinski definition) is 0. The zero-order valence-corrected chi connectivity index (χ0v) is 12.6. The Morgan fingerprint density at radius 1 is 1.28 bits per heavy atom. The zero-order chi connectivity index (χ0) is 13.0. The van der Waals surface area contributed by atoms with Crippen LogP contribution in [0.15, 0.2) is 40.2 Å². The largest absolute Gasteiger partial charge is 0.294 e. The lowest BCUT2D eigenvalue weighted by Crippen LogP contribution is -2.22. The summed E-state index contributed by atoms with van der Waals surface area (Å²) in [6.45, 7) is 4.54. The molecule has 0 radical (unpaired) electrons. The molecule has 0 aliphatic carbocycles. The van der Waals surface area contributed by atoms with Crippen LogP contribution in [0.1, 0.15) is 17.4 Å². The Morgan fingerprint density at radius 2 is 2.11 bits per heavy atom. The van der Waals surface area contributed by atoms with Gasteiger partial charge >= 0.3 is 0 Å². The Balaban J connectivity index is 2.05. The second kappa shape index (κ2) is 6.45. The van der Waals surface area contributed by atoms with E-state index in [4.69, 9.17) is 0 Å². The third-order valence-electron chi connectivity index (χ3n) is 2.82. The smallest absolute Gasteiger partial charge is 0.128 e. The van der Waals surface area contributed by atoms with Gasteiger partial charge in [-0.3, -0.25) is 4.90 Å². The highest BCUT2D eigenvalue weighted by atomic mass is 79.9. The molecule has 2 aromatic rings. The lowest BCUT2D eigenvalue weighted by molar-refractivity contribution is 0.270. The average molecular weight is 328 g/mol. The standard InChI is InChI=1S/C14H15BrFNS/c1-2-17(10-13-4-3-7-18-13)9-11-5-6-12(15)8-14(11)16/h3-8H,2,9-10H2,1H3. The molecule has 0 saturated heterocycles. The molecule has 0 saturated carbocycles. The van der Waals surface area contributed by atoms with Crippen LogP contribution in [0.2, 0.25) is 0 Å². The van der Waals surface area contributed by atoms with Gasteiger partial charge in [-0.2, -0.15) is 0 Å². The normalized spacial score (nSPS) is 11.1. The highest BCUT2D eigenvalue weighted by molar-refractivity contribution is 9.10. The summed E-state index contributed by atoms with van der Waals surface area (Å²) in [6, 6.07) is 9.42. The first-order valence-corrected chi connectivity index (χ1v) is 7.55. The first-order chi connectivity index (χ1) is 8.69. The van der Waals surface area contributed by atoms with Gasteiger partial charge in [0.25, 0.3) is 0 Å². The van der Waals surface area contributed by atoms with E-state index in [1.165, 1.54) is 10.9 Å². The summed E-state index contributed by atoms with van der Waals surface area (Å²) in [5.74, 6) is -0.144. The van der Waals surface area contributed by atoms with Gasteiger partial charge in [0, 0.05) is 28.0 Å². The molecule has 1 heterocycles. The lowest BCUT2D eigenvalue weighted by Gasteiger charge is -2.20. The summed E-state index contributed by atoms with van der Waals surface area (Å²) in [7, 11) is 0. The highest BCUT2D eigenvalue weighted by Gasteiger charge is 2.09. The molecule has 0 bridgehead atoms. The van der Waals surface area contributed by atoms with Crippen molar-refractivity contribution >= 4 is 27.3 Å². The minimum absolute atomic E-state index is 0.144. The van der Waals surface area contributed by atoms with E-state index in [1.54, 1.807) is 11.3 Å². The first kappa shape index (κ1) is 13.7. The maximum absolute atomic E-state index is 13.8. The van der Waals surface area contributed by atoms with Crippen LogP contribution in [0.25, 0.3) is 0 Å². The van der Waals surface area contributed by atoms with Crippen LogP contribution in [0.3, 0.4) is 0 Å². The monoisotopic (exact) mass is 327 g/mol. The molecule has 18 heavy (non-hydrogen) atoms. The zero-order valence-electron chi connectivity index (χ0n) is 10.2. The van der Waals surface area contributed by atoms with Gasteiger partial charge in [-0.25, -0.2) is 4.39 Å². The predicted molar refractivity (Wildman–Crippen MR) is 78.2 cm³/mol. The first-order valence-electron chi connectivity index (χ1n) is 5.87. The molecule has 2 rings (SSSR count). The SMILES string of the molecule is CCN(Cc1cccs1)Cc1ccc(Br)cc1F. The Hall–Kier alpha value is -0.710. The van der Waals surface area contributed by atoms with Gasteiger partial charge in [0.2, 0.25) is 0 Å². The Labute approximate surface area is 119 Å². The molecule has 0 fully saturated rings. The number of thiophene rings is 1. The molecule has 0 amide bonds. The fourth-order valence-corrected chi connectivity index (χ4v) is 2.87. The van der Waals surface area contributed by atoms with Gasteiger partial charge in [-0.15, -0.1) is 11.3 Å². The minimum Gasteiger partial charge on any atom is -0.294 e. The summed E-state index contributed by atoms with van der Waals surface area (Å²) in [5.41, 5.74) is 0.747. The van der Waals surface area contributed by atoms with E-state index in [1.807, 2.05) is 18.2 Å². The van der Waals surface area contributed by atoms with E-state index in [-0.39, 0.29) is 5.82 Å². The minimum atomic E-state index is -0.144. The van der Waals surface area contributed by atoms with Crippen LogP contribution in [-0.2, 0) is 13.1 Å². The van der Waals surface area contributed by atoms with E-state index in [0.29, 0.717) is 6.54 Å². The van der Waals surface area contributed by atoms with Crippen LogP contribution in [-0.4, -0.2) is 11.4 Å². The summed E-state index contributed by atoms with van der Waals surface area (Å²) in [6.07, 6.45) is 0. The van der Waals surface area contributed by atoms with E-state index in [0.717, 1.165) is 23.1 Å². The third kappa shape index (κ3) is 3.64. The molecule has 0 N–H and O–H groups in total. The molecule has 0 aliphatic heterocycles. The number of rotatable bonds is 5. The van der Waals surface area contributed by atoms with E-state index in [2.05, 4.69) is 39.2 Å². The van der Waals surface area contributed by atoms with Crippen molar-refractivity contribution in [2.75, 3.05) is 6.54 Å². The summed E-state index contributed by atoms with van der Waals surface area (Å²) >= 11 is 5.02. The van der Waals surface area contributed by atoms with Crippen molar-refractivity contribution in [3.8, 4) is 0 Å². The molecule has 1 aromatic heterocycles. The van der Waals surface area contributed by atoms with Crippen molar-refractivity contribution in [3.05, 3.63) is 56.4 Å². The number of benzene rings is 1. The van der Waals surface area contributed by atoms with Crippen molar-refractivity contribution in [1.29, 1.82) is 0 Å². The maximum atomic E-state index is 13.8. The second-order valence-electron chi connectivity index (χ2n) is 4.12. The van der Waals surface area contributed by atoms with Crippen LogP contribution in [0.4, 0.5) is 4.39 Å². The van der Waals surface area contributed by atoms with Crippen LogP contribution < -0.4 is 0 Å². The molecule has 0 spiro atoms. The van der Waals surface area contributed by atoms with Crippen molar-refractivity contribution in [1.82, 2.24) is 4.90 Å². The van der Waals surface area contributed by atoms with Crippen molar-refractivity contribution < 1.29 is 4.39 Å². The van der Waals surface area contributed by atoms with Gasteiger partial charge < -0.3 is 0 Å². The molecule has 0 unspecified atom stereocenters. The molecule has 96 valence electrons. The summed E-state index contributed by atoms with van der Waals surface area (Å²) < 4.78 is 14.6. The topological polar surface area (TPSA) is 3.24 Å². The summed E-state index contributed by atoms with van der Waals surface area (Å²) in [5, 5.41) is 2.07. The van der Waals surface area contributed by atoms with Crippen LogP contribution >= 0.6 is 27.3 Å². The molecule has 1 aromatic carbocycles. The van der Waals surface area contributed by atoms with Gasteiger partial charge in [0.1, 0.15) is 5.82 Å². The van der Waals surface area contributed by atoms with Gasteiger partial charge in [0.15, 0.2) is 0 Å². The molecule has 0 atom stereocenters. The molecular formula is C14H15BrFNS. The van der Waals surface area contributed by atoms with Crippen LogP contribution in [0, 0.1) is 5.82 Å².